The molecular weight excluding hydrogens is 236 g/mol. The highest BCUT2D eigenvalue weighted by Gasteiger charge is 2.34. The Labute approximate surface area is 106 Å². The number of rotatable bonds is 7. The average Bonchev–Trinajstić information content (AvgIpc) is 3.05. The number of hydrogen-bond donors (Lipinski definition) is 2. The van der Waals surface area contributed by atoms with Crippen LogP contribution >= 0.6 is 0 Å². The van der Waals surface area contributed by atoms with Crippen molar-refractivity contribution in [3.63, 3.8) is 0 Å². The van der Waals surface area contributed by atoms with Gasteiger partial charge in [-0.15, -0.1) is 0 Å². The summed E-state index contributed by atoms with van der Waals surface area (Å²) in [6.07, 6.45) is 2.18. The molecule has 0 spiro atoms. The number of carbonyl (C=O) groups excluding carboxylic acids is 1. The Balaban J connectivity index is 1.79. The lowest BCUT2D eigenvalue weighted by Gasteiger charge is -2.39. The lowest BCUT2D eigenvalue weighted by Crippen LogP contribution is -2.59. The Morgan fingerprint density at radius 1 is 1.44 bits per heavy atom. The fourth-order valence-electron chi connectivity index (χ4n) is 1.94. The summed E-state index contributed by atoms with van der Waals surface area (Å²) in [7, 11) is 0. The summed E-state index contributed by atoms with van der Waals surface area (Å²) >= 11 is 0. The second-order valence-corrected chi connectivity index (χ2v) is 5.45. The molecule has 0 unspecified atom stereocenters. The molecule has 0 radical (unpaired) electrons. The number of ether oxygens (including phenoxy) is 1. The number of nitrogens with one attached hydrogen (secondary N) is 1. The van der Waals surface area contributed by atoms with Crippen LogP contribution in [0.25, 0.3) is 0 Å². The summed E-state index contributed by atoms with van der Waals surface area (Å²) in [5, 5.41) is 11.9. The monoisotopic (exact) mass is 256 g/mol. The Morgan fingerprint density at radius 2 is 2.11 bits per heavy atom. The first kappa shape index (κ1) is 13.3. The van der Waals surface area contributed by atoms with Crippen LogP contribution in [0.1, 0.15) is 19.8 Å². The first-order chi connectivity index (χ1) is 8.48. The van der Waals surface area contributed by atoms with Crippen LogP contribution in [-0.2, 0) is 14.3 Å². The molecule has 2 N–H and O–H groups in total. The average molecular weight is 256 g/mol. The van der Waals surface area contributed by atoms with Gasteiger partial charge in [0.1, 0.15) is 13.2 Å². The largest absolute Gasteiger partial charge is 0.480 e. The van der Waals surface area contributed by atoms with Gasteiger partial charge in [0.25, 0.3) is 0 Å². The van der Waals surface area contributed by atoms with Crippen molar-refractivity contribution in [2.24, 2.45) is 5.92 Å². The van der Waals surface area contributed by atoms with Gasteiger partial charge in [-0.3, -0.25) is 9.59 Å². The maximum Gasteiger partial charge on any atom is 0.323 e. The van der Waals surface area contributed by atoms with Crippen LogP contribution in [0.5, 0.6) is 0 Å². The minimum atomic E-state index is -0.972. The first-order valence-corrected chi connectivity index (χ1v) is 6.33. The van der Waals surface area contributed by atoms with Gasteiger partial charge >= 0.3 is 5.97 Å². The molecule has 1 saturated heterocycles. The Kier molecular flexibility index (Phi) is 3.87. The topological polar surface area (TPSA) is 78.9 Å². The molecule has 102 valence electrons. The third-order valence-corrected chi connectivity index (χ3v) is 3.40. The number of carboxylic acid groups (broad SMARTS) is 1. The van der Waals surface area contributed by atoms with Gasteiger partial charge < -0.3 is 20.1 Å². The van der Waals surface area contributed by atoms with E-state index in [0.29, 0.717) is 12.5 Å². The SMILES string of the molecule is CC1(OCC(=O)N(CC(=O)O)CC2CC2)CNC1. The van der Waals surface area contributed by atoms with E-state index >= 15 is 0 Å². The minimum absolute atomic E-state index is 0.0296. The number of carboxylic acids is 1. The number of aliphatic carboxylic acids is 1. The van der Waals surface area contributed by atoms with Crippen molar-refractivity contribution in [2.75, 3.05) is 32.8 Å². The maximum absolute atomic E-state index is 11.9. The van der Waals surface area contributed by atoms with Gasteiger partial charge in [0.05, 0.1) is 5.60 Å². The third-order valence-electron chi connectivity index (χ3n) is 3.40. The second-order valence-electron chi connectivity index (χ2n) is 5.45. The highest BCUT2D eigenvalue weighted by molar-refractivity contribution is 5.82. The Hall–Kier alpha value is -1.14. The van der Waals surface area contributed by atoms with Crippen LogP contribution < -0.4 is 5.32 Å². The molecule has 0 aromatic heterocycles. The summed E-state index contributed by atoms with van der Waals surface area (Å²) < 4.78 is 5.55. The molecule has 1 saturated carbocycles. The molecule has 0 aromatic carbocycles. The van der Waals surface area contributed by atoms with Crippen LogP contribution in [-0.4, -0.2) is 60.3 Å². The molecule has 2 fully saturated rings. The summed E-state index contributed by atoms with van der Waals surface area (Å²) in [6.45, 7) is 3.71. The molecular formula is C12H20N2O4. The van der Waals surface area contributed by atoms with Crippen molar-refractivity contribution in [3.05, 3.63) is 0 Å². The highest BCUT2D eigenvalue weighted by Crippen LogP contribution is 2.29. The molecule has 0 aromatic rings. The first-order valence-electron chi connectivity index (χ1n) is 6.33. The molecule has 0 atom stereocenters. The molecule has 6 nitrogen and oxygen atoms in total. The number of hydrogen-bond acceptors (Lipinski definition) is 4. The second kappa shape index (κ2) is 5.24. The fourth-order valence-corrected chi connectivity index (χ4v) is 1.94. The molecule has 1 aliphatic carbocycles. The van der Waals surface area contributed by atoms with Crippen LogP contribution in [0.15, 0.2) is 0 Å². The molecule has 0 bridgehead atoms. The standard InChI is InChI=1S/C12H20N2O4/c1-12(7-13-8-12)18-6-10(15)14(5-11(16)17)4-9-2-3-9/h9,13H,2-8H2,1H3,(H,16,17). The predicted molar refractivity (Wildman–Crippen MR) is 64.2 cm³/mol. The Morgan fingerprint density at radius 3 is 2.56 bits per heavy atom. The van der Waals surface area contributed by atoms with E-state index in [-0.39, 0.29) is 24.7 Å². The van der Waals surface area contributed by atoms with Crippen molar-refractivity contribution in [2.45, 2.75) is 25.4 Å². The summed E-state index contributed by atoms with van der Waals surface area (Å²) in [6, 6.07) is 0. The van der Waals surface area contributed by atoms with Gasteiger partial charge in [-0.2, -0.15) is 0 Å². The van der Waals surface area contributed by atoms with Gasteiger partial charge in [0.15, 0.2) is 0 Å². The van der Waals surface area contributed by atoms with Crippen LogP contribution in [0.3, 0.4) is 0 Å². The summed E-state index contributed by atoms with van der Waals surface area (Å²) in [5.74, 6) is -0.716. The molecule has 6 heteroatoms. The molecule has 2 rings (SSSR count). The molecule has 1 amide bonds. The van der Waals surface area contributed by atoms with Gasteiger partial charge in [-0.05, 0) is 25.7 Å². The predicted octanol–water partition coefficient (Wildman–Crippen LogP) is -0.312. The van der Waals surface area contributed by atoms with Crippen LogP contribution in [0.2, 0.25) is 0 Å². The summed E-state index contributed by atoms with van der Waals surface area (Å²) in [5.41, 5.74) is -0.274. The van der Waals surface area contributed by atoms with Crippen molar-refractivity contribution in [1.82, 2.24) is 10.2 Å². The van der Waals surface area contributed by atoms with Gasteiger partial charge in [0.2, 0.25) is 5.91 Å². The fraction of sp³-hybridized carbons (Fsp3) is 0.833. The van der Waals surface area contributed by atoms with E-state index in [4.69, 9.17) is 9.84 Å². The van der Waals surface area contributed by atoms with Gasteiger partial charge in [-0.25, -0.2) is 0 Å². The van der Waals surface area contributed by atoms with E-state index in [1.807, 2.05) is 6.92 Å². The van der Waals surface area contributed by atoms with E-state index < -0.39 is 5.97 Å². The lowest BCUT2D eigenvalue weighted by atomic mass is 10.0. The van der Waals surface area contributed by atoms with E-state index in [1.54, 1.807) is 0 Å². The highest BCUT2D eigenvalue weighted by atomic mass is 16.5. The van der Waals surface area contributed by atoms with Crippen molar-refractivity contribution < 1.29 is 19.4 Å². The molecule has 2 aliphatic rings. The third kappa shape index (κ3) is 3.68. The van der Waals surface area contributed by atoms with Crippen molar-refractivity contribution in [1.29, 1.82) is 0 Å². The van der Waals surface area contributed by atoms with E-state index in [9.17, 15) is 9.59 Å². The number of amides is 1. The lowest BCUT2D eigenvalue weighted by molar-refractivity contribution is -0.152. The minimum Gasteiger partial charge on any atom is -0.480 e. The van der Waals surface area contributed by atoms with E-state index in [2.05, 4.69) is 5.32 Å². The Bertz CT molecular complexity index is 337. The van der Waals surface area contributed by atoms with Gasteiger partial charge in [0, 0.05) is 19.6 Å². The van der Waals surface area contributed by atoms with E-state index in [1.165, 1.54) is 4.90 Å². The smallest absolute Gasteiger partial charge is 0.323 e. The zero-order valence-electron chi connectivity index (χ0n) is 10.6. The number of carbonyl (C=O) groups is 2. The zero-order valence-corrected chi connectivity index (χ0v) is 10.6. The van der Waals surface area contributed by atoms with Crippen molar-refractivity contribution >= 4 is 11.9 Å². The molecule has 1 aliphatic heterocycles. The van der Waals surface area contributed by atoms with Crippen LogP contribution in [0.4, 0.5) is 0 Å². The van der Waals surface area contributed by atoms with Crippen LogP contribution in [0, 0.1) is 5.92 Å². The van der Waals surface area contributed by atoms with Crippen molar-refractivity contribution in [3.8, 4) is 0 Å². The zero-order chi connectivity index (χ0) is 13.2. The molecule has 1 heterocycles. The van der Waals surface area contributed by atoms with E-state index in [0.717, 1.165) is 25.9 Å². The number of nitrogens with zero attached hydrogens (tertiary/aromatic N) is 1. The summed E-state index contributed by atoms with van der Waals surface area (Å²) in [4.78, 5) is 24.1. The quantitative estimate of drug-likeness (QED) is 0.653. The normalized spacial score (nSPS) is 21.2. The van der Waals surface area contributed by atoms with Gasteiger partial charge in [-0.1, -0.05) is 0 Å². The maximum atomic E-state index is 11.9. The molecule has 18 heavy (non-hydrogen) atoms.